The Morgan fingerprint density at radius 3 is 2.75 bits per heavy atom. The number of piperazine rings is 1. The minimum Gasteiger partial charge on any atom is -0.334 e. The van der Waals surface area contributed by atoms with Crippen molar-refractivity contribution in [2.75, 3.05) is 39.8 Å². The Morgan fingerprint density at radius 2 is 2.15 bits per heavy atom. The van der Waals surface area contributed by atoms with E-state index in [2.05, 4.69) is 41.4 Å². The molecule has 1 amide bonds. The number of hydrogen-bond acceptors (Lipinski definition) is 5. The van der Waals surface area contributed by atoms with E-state index in [1.54, 1.807) is 10.9 Å². The van der Waals surface area contributed by atoms with Crippen LogP contribution in [0.2, 0.25) is 0 Å². The summed E-state index contributed by atoms with van der Waals surface area (Å²) in [6, 6.07) is 0.341. The van der Waals surface area contributed by atoms with Gasteiger partial charge in [0.2, 0.25) is 0 Å². The van der Waals surface area contributed by atoms with Crippen molar-refractivity contribution < 1.29 is 4.79 Å². The first-order valence-electron chi connectivity index (χ1n) is 7.10. The third-order valence-corrected chi connectivity index (χ3v) is 4.47. The smallest absolute Gasteiger partial charge is 0.276 e. The largest absolute Gasteiger partial charge is 0.334 e. The molecule has 2 aliphatic rings. The van der Waals surface area contributed by atoms with E-state index < -0.39 is 0 Å². The Hall–Kier alpha value is -1.47. The summed E-state index contributed by atoms with van der Waals surface area (Å²) in [7, 11) is 2.10. The molecule has 1 aromatic heterocycles. The van der Waals surface area contributed by atoms with Crippen molar-refractivity contribution in [3.05, 3.63) is 11.9 Å². The van der Waals surface area contributed by atoms with Crippen LogP contribution >= 0.6 is 0 Å². The van der Waals surface area contributed by atoms with Crippen molar-refractivity contribution in [1.29, 1.82) is 0 Å². The van der Waals surface area contributed by atoms with Crippen LogP contribution < -0.4 is 5.32 Å². The number of nitrogens with one attached hydrogen (secondary N) is 1. The van der Waals surface area contributed by atoms with Crippen molar-refractivity contribution in [3.63, 3.8) is 0 Å². The van der Waals surface area contributed by atoms with E-state index in [-0.39, 0.29) is 11.4 Å². The second kappa shape index (κ2) is 4.82. The predicted octanol–water partition coefficient (Wildman–Crippen LogP) is -0.411. The molecule has 0 radical (unpaired) electrons. The van der Waals surface area contributed by atoms with Gasteiger partial charge >= 0.3 is 0 Å². The molecular formula is C13H22N6O. The second-order valence-corrected chi connectivity index (χ2v) is 6.36. The van der Waals surface area contributed by atoms with Crippen LogP contribution in [0.3, 0.4) is 0 Å². The van der Waals surface area contributed by atoms with Gasteiger partial charge < -0.3 is 10.2 Å². The van der Waals surface area contributed by atoms with Crippen molar-refractivity contribution >= 4 is 5.91 Å². The molecule has 7 nitrogen and oxygen atoms in total. The number of nitrogens with zero attached hydrogens (tertiary/aromatic N) is 5. The molecule has 1 aromatic rings. The topological polar surface area (TPSA) is 66.3 Å². The van der Waals surface area contributed by atoms with E-state index in [0.29, 0.717) is 11.7 Å². The highest BCUT2D eigenvalue weighted by molar-refractivity contribution is 5.92. The fourth-order valence-corrected chi connectivity index (χ4v) is 2.59. The van der Waals surface area contributed by atoms with E-state index in [9.17, 15) is 4.79 Å². The lowest BCUT2D eigenvalue weighted by atomic mass is 9.99. The molecule has 0 spiro atoms. The summed E-state index contributed by atoms with van der Waals surface area (Å²) in [4.78, 5) is 16.7. The molecule has 1 N–H and O–H groups in total. The Kier molecular flexibility index (Phi) is 3.25. The standard InChI is InChI=1S/C13H22N6O/c1-13(2)9-18(5-4-17(13)3)12(20)11-8-19(16-15-11)10-6-14-7-10/h8,10,14H,4-7,9H2,1-3H3. The number of aromatic nitrogens is 3. The van der Waals surface area contributed by atoms with Crippen molar-refractivity contribution in [3.8, 4) is 0 Å². The van der Waals surface area contributed by atoms with Crippen LogP contribution in [0.15, 0.2) is 6.20 Å². The molecule has 0 aliphatic carbocycles. The average molecular weight is 278 g/mol. The number of likely N-dealkylation sites (N-methyl/N-ethyl adjacent to an activating group) is 1. The van der Waals surface area contributed by atoms with E-state index in [4.69, 9.17) is 0 Å². The van der Waals surface area contributed by atoms with Gasteiger partial charge in [0.25, 0.3) is 5.91 Å². The van der Waals surface area contributed by atoms with Crippen LogP contribution in [0, 0.1) is 0 Å². The number of carbonyl (C=O) groups is 1. The first-order chi connectivity index (χ1) is 9.47. The summed E-state index contributed by atoms with van der Waals surface area (Å²) in [5.41, 5.74) is 0.458. The Labute approximate surface area is 118 Å². The maximum Gasteiger partial charge on any atom is 0.276 e. The highest BCUT2D eigenvalue weighted by Gasteiger charge is 2.34. The number of amides is 1. The highest BCUT2D eigenvalue weighted by Crippen LogP contribution is 2.20. The van der Waals surface area contributed by atoms with Crippen molar-refractivity contribution in [2.24, 2.45) is 0 Å². The molecule has 7 heteroatoms. The van der Waals surface area contributed by atoms with Gasteiger partial charge in [0, 0.05) is 38.3 Å². The molecular weight excluding hydrogens is 256 g/mol. The number of rotatable bonds is 2. The lowest BCUT2D eigenvalue weighted by Crippen LogP contribution is -2.58. The molecule has 0 atom stereocenters. The highest BCUT2D eigenvalue weighted by atomic mass is 16.2. The lowest BCUT2D eigenvalue weighted by molar-refractivity contribution is 0.0307. The summed E-state index contributed by atoms with van der Waals surface area (Å²) < 4.78 is 1.80. The zero-order valence-corrected chi connectivity index (χ0v) is 12.3. The van der Waals surface area contributed by atoms with E-state index in [0.717, 1.165) is 32.7 Å². The molecule has 20 heavy (non-hydrogen) atoms. The first-order valence-corrected chi connectivity index (χ1v) is 7.10. The van der Waals surface area contributed by atoms with Crippen LogP contribution in [0.1, 0.15) is 30.4 Å². The lowest BCUT2D eigenvalue weighted by Gasteiger charge is -2.45. The molecule has 0 saturated carbocycles. The monoisotopic (exact) mass is 278 g/mol. The molecule has 2 aliphatic heterocycles. The van der Waals surface area contributed by atoms with Gasteiger partial charge in [-0.05, 0) is 20.9 Å². The second-order valence-electron chi connectivity index (χ2n) is 6.36. The Bertz CT molecular complexity index is 507. The molecule has 3 heterocycles. The first kappa shape index (κ1) is 13.5. The van der Waals surface area contributed by atoms with Gasteiger partial charge in [0.15, 0.2) is 5.69 Å². The van der Waals surface area contributed by atoms with E-state index >= 15 is 0 Å². The van der Waals surface area contributed by atoms with Crippen LogP contribution in [-0.4, -0.2) is 76.0 Å². The SMILES string of the molecule is CN1CCN(C(=O)c2cn(C3CNC3)nn2)CC1(C)C. The quantitative estimate of drug-likeness (QED) is 0.796. The molecule has 3 rings (SSSR count). The fourth-order valence-electron chi connectivity index (χ4n) is 2.59. The van der Waals surface area contributed by atoms with Crippen LogP contribution in [0.5, 0.6) is 0 Å². The van der Waals surface area contributed by atoms with Crippen molar-refractivity contribution in [2.45, 2.75) is 25.4 Å². The molecule has 0 unspecified atom stereocenters. The molecule has 0 aromatic carbocycles. The van der Waals surface area contributed by atoms with E-state index in [1.807, 2.05) is 4.90 Å². The van der Waals surface area contributed by atoms with Crippen LogP contribution in [0.25, 0.3) is 0 Å². The fraction of sp³-hybridized carbons (Fsp3) is 0.769. The molecule has 2 saturated heterocycles. The molecule has 2 fully saturated rings. The Balaban J connectivity index is 1.70. The maximum absolute atomic E-state index is 12.5. The molecule has 0 bridgehead atoms. The number of hydrogen-bond donors (Lipinski definition) is 1. The van der Waals surface area contributed by atoms with Gasteiger partial charge in [-0.2, -0.15) is 0 Å². The van der Waals surface area contributed by atoms with Gasteiger partial charge in [0.05, 0.1) is 12.2 Å². The summed E-state index contributed by atoms with van der Waals surface area (Å²) in [5.74, 6) is -0.00953. The molecule has 110 valence electrons. The zero-order chi connectivity index (χ0) is 14.3. The van der Waals surface area contributed by atoms with Gasteiger partial charge in [-0.3, -0.25) is 9.69 Å². The minimum atomic E-state index is -0.00953. The zero-order valence-electron chi connectivity index (χ0n) is 12.3. The minimum absolute atomic E-state index is 0.00178. The predicted molar refractivity (Wildman–Crippen MR) is 74.5 cm³/mol. The summed E-state index contributed by atoms with van der Waals surface area (Å²) >= 11 is 0. The average Bonchev–Trinajstić information content (AvgIpc) is 2.78. The Morgan fingerprint density at radius 1 is 1.40 bits per heavy atom. The van der Waals surface area contributed by atoms with Gasteiger partial charge in [-0.25, -0.2) is 4.68 Å². The van der Waals surface area contributed by atoms with Crippen LogP contribution in [-0.2, 0) is 0 Å². The van der Waals surface area contributed by atoms with Gasteiger partial charge in [0.1, 0.15) is 0 Å². The third-order valence-electron chi connectivity index (χ3n) is 4.47. The number of carbonyl (C=O) groups excluding carboxylic acids is 1. The van der Waals surface area contributed by atoms with Crippen LogP contribution in [0.4, 0.5) is 0 Å². The van der Waals surface area contributed by atoms with Crippen molar-refractivity contribution in [1.82, 2.24) is 30.1 Å². The summed E-state index contributed by atoms with van der Waals surface area (Å²) in [6.07, 6.45) is 1.78. The summed E-state index contributed by atoms with van der Waals surface area (Å²) in [5, 5.41) is 11.3. The third kappa shape index (κ3) is 2.31. The summed E-state index contributed by atoms with van der Waals surface area (Å²) in [6.45, 7) is 8.47. The van der Waals surface area contributed by atoms with Gasteiger partial charge in [-0.1, -0.05) is 5.21 Å². The van der Waals surface area contributed by atoms with E-state index in [1.165, 1.54) is 0 Å². The van der Waals surface area contributed by atoms with Gasteiger partial charge in [-0.15, -0.1) is 5.10 Å². The normalized spacial score (nSPS) is 23.6. The maximum atomic E-state index is 12.5.